The van der Waals surface area contributed by atoms with Gasteiger partial charge in [0.15, 0.2) is 0 Å². The molecule has 20 heavy (non-hydrogen) atoms. The molecule has 2 aromatic carbocycles. The highest BCUT2D eigenvalue weighted by atomic mass is 32.2. The third kappa shape index (κ3) is 3.34. The van der Waals surface area contributed by atoms with Crippen LogP contribution in [0.15, 0.2) is 52.3 Å². The first-order valence-corrected chi connectivity index (χ1v) is 6.57. The number of hydrogen-bond acceptors (Lipinski definition) is 2. The number of halogens is 3. The van der Waals surface area contributed by atoms with Crippen LogP contribution >= 0.6 is 11.8 Å². The molecule has 0 atom stereocenters. The van der Waals surface area contributed by atoms with Crippen molar-refractivity contribution in [3.63, 3.8) is 0 Å². The van der Waals surface area contributed by atoms with E-state index in [1.165, 1.54) is 23.9 Å². The molecule has 0 aromatic heterocycles. The predicted molar refractivity (Wildman–Crippen MR) is 71.5 cm³/mol. The summed E-state index contributed by atoms with van der Waals surface area (Å²) in [5.74, 6) is 0. The number of nitrogens with zero attached hydrogens (tertiary/aromatic N) is 1. The van der Waals surface area contributed by atoms with Crippen LogP contribution in [0.4, 0.5) is 13.2 Å². The van der Waals surface area contributed by atoms with Crippen LogP contribution in [0.1, 0.15) is 16.7 Å². The van der Waals surface area contributed by atoms with Gasteiger partial charge in [-0.2, -0.15) is 18.4 Å². The van der Waals surface area contributed by atoms with Crippen LogP contribution in [0.25, 0.3) is 0 Å². The van der Waals surface area contributed by atoms with E-state index in [1.54, 1.807) is 6.07 Å². The van der Waals surface area contributed by atoms with Crippen molar-refractivity contribution < 1.29 is 13.2 Å². The SMILES string of the molecule is Cc1cccc(Sc2ccc(C(F)(F)F)c(C#N)c2)c1. The normalized spacial score (nSPS) is 11.2. The zero-order valence-electron chi connectivity index (χ0n) is 10.5. The predicted octanol–water partition coefficient (Wildman–Crippen LogP) is 5.04. The first-order valence-electron chi connectivity index (χ1n) is 5.76. The second kappa shape index (κ2) is 5.59. The van der Waals surface area contributed by atoms with E-state index >= 15 is 0 Å². The average Bonchev–Trinajstić information content (AvgIpc) is 2.37. The fraction of sp³-hybridized carbons (Fsp3) is 0.133. The minimum absolute atomic E-state index is 0.352. The lowest BCUT2D eigenvalue weighted by Gasteiger charge is -2.10. The van der Waals surface area contributed by atoms with Crippen molar-refractivity contribution in [2.24, 2.45) is 0 Å². The molecule has 0 amide bonds. The Kier molecular flexibility index (Phi) is 4.05. The van der Waals surface area contributed by atoms with Crippen molar-refractivity contribution in [1.82, 2.24) is 0 Å². The highest BCUT2D eigenvalue weighted by molar-refractivity contribution is 7.99. The summed E-state index contributed by atoms with van der Waals surface area (Å²) in [5, 5.41) is 8.86. The highest BCUT2D eigenvalue weighted by Gasteiger charge is 2.33. The Morgan fingerprint density at radius 2 is 1.75 bits per heavy atom. The third-order valence-electron chi connectivity index (χ3n) is 2.64. The number of nitriles is 1. The number of aryl methyl sites for hydroxylation is 1. The van der Waals surface area contributed by atoms with Crippen molar-refractivity contribution in [3.8, 4) is 6.07 Å². The summed E-state index contributed by atoms with van der Waals surface area (Å²) in [4.78, 5) is 1.54. The van der Waals surface area contributed by atoms with Gasteiger partial charge in [0.25, 0.3) is 0 Å². The van der Waals surface area contributed by atoms with Gasteiger partial charge in [-0.25, -0.2) is 0 Å². The van der Waals surface area contributed by atoms with Gasteiger partial charge in [0.2, 0.25) is 0 Å². The van der Waals surface area contributed by atoms with Crippen molar-refractivity contribution in [2.75, 3.05) is 0 Å². The summed E-state index contributed by atoms with van der Waals surface area (Å²) in [6.45, 7) is 1.94. The van der Waals surface area contributed by atoms with Crippen LogP contribution in [0.2, 0.25) is 0 Å². The van der Waals surface area contributed by atoms with E-state index in [4.69, 9.17) is 5.26 Å². The van der Waals surface area contributed by atoms with Crippen LogP contribution in [0.3, 0.4) is 0 Å². The Labute approximate surface area is 119 Å². The monoisotopic (exact) mass is 293 g/mol. The summed E-state index contributed by atoms with van der Waals surface area (Å²) >= 11 is 1.33. The van der Waals surface area contributed by atoms with Crippen LogP contribution in [0, 0.1) is 18.3 Å². The number of benzene rings is 2. The lowest BCUT2D eigenvalue weighted by Crippen LogP contribution is -2.07. The van der Waals surface area contributed by atoms with Crippen molar-refractivity contribution >= 4 is 11.8 Å². The van der Waals surface area contributed by atoms with E-state index in [9.17, 15) is 13.2 Å². The fourth-order valence-electron chi connectivity index (χ4n) is 1.74. The van der Waals surface area contributed by atoms with Gasteiger partial charge in [-0.3, -0.25) is 0 Å². The van der Waals surface area contributed by atoms with Crippen molar-refractivity contribution in [3.05, 3.63) is 59.2 Å². The molecule has 0 saturated carbocycles. The van der Waals surface area contributed by atoms with Gasteiger partial charge in [-0.1, -0.05) is 29.5 Å². The molecule has 0 aliphatic carbocycles. The van der Waals surface area contributed by atoms with Crippen LogP contribution in [0.5, 0.6) is 0 Å². The zero-order chi connectivity index (χ0) is 14.8. The maximum absolute atomic E-state index is 12.7. The van der Waals surface area contributed by atoms with E-state index in [0.717, 1.165) is 16.5 Å². The number of rotatable bonds is 2. The molecule has 1 nitrogen and oxygen atoms in total. The maximum atomic E-state index is 12.7. The second-order valence-electron chi connectivity index (χ2n) is 4.24. The van der Waals surface area contributed by atoms with Crippen molar-refractivity contribution in [2.45, 2.75) is 22.9 Å². The Hall–Kier alpha value is -1.93. The molecule has 2 rings (SSSR count). The topological polar surface area (TPSA) is 23.8 Å². The van der Waals surface area contributed by atoms with E-state index in [0.29, 0.717) is 4.90 Å². The highest BCUT2D eigenvalue weighted by Crippen LogP contribution is 2.35. The molecule has 0 N–H and O–H groups in total. The van der Waals surface area contributed by atoms with Crippen LogP contribution in [-0.4, -0.2) is 0 Å². The van der Waals surface area contributed by atoms with Gasteiger partial charge < -0.3 is 0 Å². The van der Waals surface area contributed by atoms with Crippen molar-refractivity contribution in [1.29, 1.82) is 5.26 Å². The van der Waals surface area contributed by atoms with Crippen LogP contribution < -0.4 is 0 Å². The fourth-order valence-corrected chi connectivity index (χ4v) is 2.72. The molecular formula is C15H10F3NS. The van der Waals surface area contributed by atoms with E-state index < -0.39 is 11.7 Å². The quantitative estimate of drug-likeness (QED) is 0.774. The van der Waals surface area contributed by atoms with Gasteiger partial charge in [0.05, 0.1) is 17.2 Å². The van der Waals surface area contributed by atoms with Gasteiger partial charge in [-0.05, 0) is 37.3 Å². The van der Waals surface area contributed by atoms with Gasteiger partial charge in [0.1, 0.15) is 0 Å². The molecular weight excluding hydrogens is 283 g/mol. The molecule has 0 spiro atoms. The summed E-state index contributed by atoms with van der Waals surface area (Å²) < 4.78 is 38.1. The second-order valence-corrected chi connectivity index (χ2v) is 5.38. The molecule has 0 bridgehead atoms. The molecule has 0 unspecified atom stereocenters. The standard InChI is InChI=1S/C15H10F3NS/c1-10-3-2-4-12(7-10)20-13-5-6-14(15(16,17)18)11(8-13)9-19/h2-8H,1H3. The lowest BCUT2D eigenvalue weighted by molar-refractivity contribution is -0.137. The molecule has 2 aromatic rings. The molecule has 0 aliphatic rings. The maximum Gasteiger partial charge on any atom is 0.417 e. The Balaban J connectivity index is 2.34. The average molecular weight is 293 g/mol. The largest absolute Gasteiger partial charge is 0.417 e. The minimum atomic E-state index is -4.50. The van der Waals surface area contributed by atoms with E-state index in [1.807, 2.05) is 31.2 Å². The third-order valence-corrected chi connectivity index (χ3v) is 3.62. The Bertz CT molecular complexity index is 672. The summed E-state index contributed by atoms with van der Waals surface area (Å²) in [5.41, 5.74) is -0.175. The molecule has 5 heteroatoms. The molecule has 0 radical (unpaired) electrons. The van der Waals surface area contributed by atoms with Gasteiger partial charge in [-0.15, -0.1) is 0 Å². The minimum Gasteiger partial charge on any atom is -0.192 e. The van der Waals surface area contributed by atoms with E-state index in [-0.39, 0.29) is 5.56 Å². The lowest BCUT2D eigenvalue weighted by atomic mass is 10.1. The summed E-state index contributed by atoms with van der Waals surface area (Å²) in [6, 6.07) is 12.9. The first-order chi connectivity index (χ1) is 9.40. The molecule has 0 fully saturated rings. The van der Waals surface area contributed by atoms with Crippen LogP contribution in [-0.2, 0) is 6.18 Å². The smallest absolute Gasteiger partial charge is 0.192 e. The molecule has 0 aliphatic heterocycles. The summed E-state index contributed by atoms with van der Waals surface area (Å²) in [7, 11) is 0. The Morgan fingerprint density at radius 3 is 2.35 bits per heavy atom. The first kappa shape index (κ1) is 14.5. The number of hydrogen-bond donors (Lipinski definition) is 0. The van der Waals surface area contributed by atoms with Gasteiger partial charge in [0, 0.05) is 9.79 Å². The zero-order valence-corrected chi connectivity index (χ0v) is 11.3. The van der Waals surface area contributed by atoms with E-state index in [2.05, 4.69) is 0 Å². The Morgan fingerprint density at radius 1 is 1.05 bits per heavy atom. The van der Waals surface area contributed by atoms with Gasteiger partial charge >= 0.3 is 6.18 Å². The molecule has 102 valence electrons. The number of alkyl halides is 3. The molecule has 0 heterocycles. The molecule has 0 saturated heterocycles. The summed E-state index contributed by atoms with van der Waals surface area (Å²) in [6.07, 6.45) is -4.50.